The smallest absolute Gasteiger partial charge is 0.276 e. The van der Waals surface area contributed by atoms with Crippen LogP contribution < -0.4 is 5.56 Å². The van der Waals surface area contributed by atoms with Gasteiger partial charge in [0.2, 0.25) is 5.91 Å². The first-order chi connectivity index (χ1) is 12.6. The maximum Gasteiger partial charge on any atom is 0.276 e. The summed E-state index contributed by atoms with van der Waals surface area (Å²) >= 11 is 0. The topological polar surface area (TPSA) is 68.1 Å². The Bertz CT molecular complexity index is 875. The molecule has 4 heterocycles. The molecule has 26 heavy (non-hydrogen) atoms. The van der Waals surface area contributed by atoms with Gasteiger partial charge in [0.25, 0.3) is 5.56 Å². The summed E-state index contributed by atoms with van der Waals surface area (Å²) in [5.41, 5.74) is 2.55. The molecule has 0 aromatic carbocycles. The number of hydrogen-bond acceptors (Lipinski definition) is 4. The third kappa shape index (κ3) is 3.16. The lowest BCUT2D eigenvalue weighted by molar-refractivity contribution is -0.131. The van der Waals surface area contributed by atoms with Crippen molar-refractivity contribution >= 4 is 5.91 Å². The monoisotopic (exact) mass is 352 g/mol. The number of hydrogen-bond donors (Lipinski definition) is 0. The summed E-state index contributed by atoms with van der Waals surface area (Å²) in [4.78, 5) is 35.5. The molecular weight excluding hydrogens is 328 g/mol. The second kappa shape index (κ2) is 7.02. The van der Waals surface area contributed by atoms with Gasteiger partial charge < -0.3 is 9.47 Å². The first-order valence-electron chi connectivity index (χ1n) is 9.41. The first kappa shape index (κ1) is 16.9. The number of fused-ring (bicyclic) bond motifs is 1. The van der Waals surface area contributed by atoms with E-state index >= 15 is 0 Å². The van der Waals surface area contributed by atoms with Gasteiger partial charge in [-0.3, -0.25) is 14.6 Å². The third-order valence-corrected chi connectivity index (χ3v) is 5.54. The molecule has 6 nitrogen and oxygen atoms in total. The average molecular weight is 352 g/mol. The molecule has 2 aromatic heterocycles. The van der Waals surface area contributed by atoms with Gasteiger partial charge >= 0.3 is 0 Å². The first-order valence-corrected chi connectivity index (χ1v) is 9.41. The van der Waals surface area contributed by atoms with Crippen molar-refractivity contribution < 1.29 is 4.79 Å². The minimum Gasteiger partial charge on any atom is -0.342 e. The molecule has 2 aliphatic rings. The molecule has 0 radical (unpaired) electrons. The number of rotatable bonds is 3. The van der Waals surface area contributed by atoms with Crippen LogP contribution in [0.15, 0.2) is 29.2 Å². The number of aryl methyl sites for hydroxylation is 1. The number of aromatic nitrogens is 3. The quantitative estimate of drug-likeness (QED) is 0.845. The summed E-state index contributed by atoms with van der Waals surface area (Å²) < 4.78 is 2.23. The summed E-state index contributed by atoms with van der Waals surface area (Å²) in [6.45, 7) is 4.26. The molecule has 1 atom stereocenters. The largest absolute Gasteiger partial charge is 0.342 e. The van der Waals surface area contributed by atoms with Crippen molar-refractivity contribution in [2.75, 3.05) is 13.1 Å². The van der Waals surface area contributed by atoms with Gasteiger partial charge in [0.05, 0.1) is 6.42 Å². The number of carbonyl (C=O) groups is 1. The van der Waals surface area contributed by atoms with E-state index in [2.05, 4.69) is 14.5 Å². The van der Waals surface area contributed by atoms with Crippen molar-refractivity contribution in [2.45, 2.75) is 51.5 Å². The lowest BCUT2D eigenvalue weighted by Gasteiger charge is -2.34. The van der Waals surface area contributed by atoms with Crippen LogP contribution in [0.5, 0.6) is 0 Å². The van der Waals surface area contributed by atoms with Crippen molar-refractivity contribution in [3.63, 3.8) is 0 Å². The van der Waals surface area contributed by atoms with Crippen LogP contribution in [0.3, 0.4) is 0 Å². The van der Waals surface area contributed by atoms with Crippen molar-refractivity contribution in [1.29, 1.82) is 0 Å². The SMILES string of the molecule is Cc1c([C@H]2CCCN(C(=O)Cc3ccccn3)C2)n2c(nc1=O)CCC2. The summed E-state index contributed by atoms with van der Waals surface area (Å²) in [6.07, 6.45) is 5.94. The highest BCUT2D eigenvalue weighted by Gasteiger charge is 2.30. The van der Waals surface area contributed by atoms with E-state index < -0.39 is 0 Å². The Kier molecular flexibility index (Phi) is 4.57. The second-order valence-corrected chi connectivity index (χ2v) is 7.28. The molecule has 0 aliphatic carbocycles. The van der Waals surface area contributed by atoms with Crippen molar-refractivity contribution in [2.24, 2.45) is 0 Å². The fraction of sp³-hybridized carbons (Fsp3) is 0.500. The summed E-state index contributed by atoms with van der Waals surface area (Å²) in [5, 5.41) is 0. The highest BCUT2D eigenvalue weighted by atomic mass is 16.2. The Hall–Kier alpha value is -2.50. The molecule has 136 valence electrons. The van der Waals surface area contributed by atoms with Gasteiger partial charge in [-0.25, -0.2) is 0 Å². The zero-order valence-electron chi connectivity index (χ0n) is 15.1. The van der Waals surface area contributed by atoms with Crippen molar-refractivity contribution in [3.05, 3.63) is 57.5 Å². The van der Waals surface area contributed by atoms with Crippen LogP contribution >= 0.6 is 0 Å². The lowest BCUT2D eigenvalue weighted by Crippen LogP contribution is -2.41. The summed E-state index contributed by atoms with van der Waals surface area (Å²) in [6, 6.07) is 5.65. The van der Waals surface area contributed by atoms with Crippen LogP contribution in [-0.2, 0) is 24.2 Å². The van der Waals surface area contributed by atoms with Gasteiger partial charge in [-0.2, -0.15) is 4.98 Å². The van der Waals surface area contributed by atoms with Crippen LogP contribution in [0.2, 0.25) is 0 Å². The van der Waals surface area contributed by atoms with E-state index in [9.17, 15) is 9.59 Å². The maximum atomic E-state index is 12.7. The van der Waals surface area contributed by atoms with Crippen LogP contribution in [0.1, 0.15) is 48.0 Å². The normalized spacial score (nSPS) is 19.4. The van der Waals surface area contributed by atoms with Gasteiger partial charge in [0.15, 0.2) is 0 Å². The van der Waals surface area contributed by atoms with E-state index in [4.69, 9.17) is 0 Å². The van der Waals surface area contributed by atoms with Gasteiger partial charge in [0, 0.05) is 55.1 Å². The van der Waals surface area contributed by atoms with E-state index in [-0.39, 0.29) is 17.4 Å². The van der Waals surface area contributed by atoms with Crippen LogP contribution in [0.25, 0.3) is 0 Å². The number of carbonyl (C=O) groups excluding carboxylic acids is 1. The molecule has 6 heteroatoms. The minimum atomic E-state index is -0.106. The van der Waals surface area contributed by atoms with Crippen molar-refractivity contribution in [3.8, 4) is 0 Å². The zero-order chi connectivity index (χ0) is 18.1. The summed E-state index contributed by atoms with van der Waals surface area (Å²) in [7, 11) is 0. The van der Waals surface area contributed by atoms with E-state index in [0.717, 1.165) is 61.5 Å². The van der Waals surface area contributed by atoms with Crippen molar-refractivity contribution in [1.82, 2.24) is 19.4 Å². The highest BCUT2D eigenvalue weighted by Crippen LogP contribution is 2.30. The molecule has 0 spiro atoms. The zero-order valence-corrected chi connectivity index (χ0v) is 15.1. The standard InChI is InChI=1S/C20H24N4O2/c1-14-19(24-11-5-8-17(24)22-20(14)26)15-6-4-10-23(13-15)18(25)12-16-7-2-3-9-21-16/h2-3,7,9,15H,4-6,8,10-13H2,1H3/t15-/m0/s1. The number of piperidine rings is 1. The average Bonchev–Trinajstić information content (AvgIpc) is 3.11. The Morgan fingerprint density at radius 2 is 2.15 bits per heavy atom. The summed E-state index contributed by atoms with van der Waals surface area (Å²) in [5.74, 6) is 1.24. The Balaban J connectivity index is 1.56. The minimum absolute atomic E-state index is 0.106. The molecular formula is C20H24N4O2. The second-order valence-electron chi connectivity index (χ2n) is 7.28. The van der Waals surface area contributed by atoms with Crippen LogP contribution in [0.4, 0.5) is 0 Å². The third-order valence-electron chi connectivity index (χ3n) is 5.54. The Morgan fingerprint density at radius 1 is 1.27 bits per heavy atom. The molecule has 0 saturated carbocycles. The number of pyridine rings is 1. The molecule has 1 saturated heterocycles. The molecule has 0 unspecified atom stereocenters. The molecule has 0 bridgehead atoms. The van der Waals surface area contributed by atoms with Gasteiger partial charge in [-0.15, -0.1) is 0 Å². The molecule has 2 aliphatic heterocycles. The fourth-order valence-electron chi connectivity index (χ4n) is 4.27. The maximum absolute atomic E-state index is 12.7. The molecule has 0 N–H and O–H groups in total. The predicted octanol–water partition coefficient (Wildman–Crippen LogP) is 1.84. The van der Waals surface area contributed by atoms with E-state index in [1.165, 1.54) is 0 Å². The van der Waals surface area contributed by atoms with Crippen LogP contribution in [-0.4, -0.2) is 38.4 Å². The number of amides is 1. The Morgan fingerprint density at radius 3 is 2.96 bits per heavy atom. The molecule has 4 rings (SSSR count). The van der Waals surface area contributed by atoms with Gasteiger partial charge in [-0.1, -0.05) is 6.07 Å². The number of nitrogens with zero attached hydrogens (tertiary/aromatic N) is 4. The van der Waals surface area contributed by atoms with E-state index in [0.29, 0.717) is 13.0 Å². The van der Waals surface area contributed by atoms with E-state index in [1.807, 2.05) is 30.0 Å². The van der Waals surface area contributed by atoms with Gasteiger partial charge in [-0.05, 0) is 38.3 Å². The molecule has 1 fully saturated rings. The molecule has 1 amide bonds. The van der Waals surface area contributed by atoms with E-state index in [1.54, 1.807) is 6.20 Å². The highest BCUT2D eigenvalue weighted by molar-refractivity contribution is 5.78. The van der Waals surface area contributed by atoms with Crippen LogP contribution in [0, 0.1) is 6.92 Å². The molecule has 2 aromatic rings. The Labute approximate surface area is 152 Å². The predicted molar refractivity (Wildman–Crippen MR) is 98.1 cm³/mol. The number of likely N-dealkylation sites (tertiary alicyclic amines) is 1. The fourth-order valence-corrected chi connectivity index (χ4v) is 4.27. The van der Waals surface area contributed by atoms with Gasteiger partial charge in [0.1, 0.15) is 5.82 Å². The lowest BCUT2D eigenvalue weighted by atomic mass is 9.91.